The fraction of sp³-hybridized carbons (Fsp3) is 1.00. The van der Waals surface area contributed by atoms with Gasteiger partial charge in [-0.2, -0.15) is 0 Å². The maximum absolute atomic E-state index is 9.99. The Hall–Kier alpha value is 2.37. The second-order valence-electron chi connectivity index (χ2n) is 2.04. The average molecular weight is 212 g/mol. The minimum Gasteiger partial charge on any atom is -0.811 e. The van der Waals surface area contributed by atoms with E-state index in [2.05, 4.69) is 0 Å². The Morgan fingerprint density at radius 1 is 1.18 bits per heavy atom. The van der Waals surface area contributed by atoms with Crippen LogP contribution < -0.4 is 68.9 Å². The SMILES string of the molecule is O=P([O-])([O-])CCCC[SiH3].[Na+].[Na+]. The summed E-state index contributed by atoms with van der Waals surface area (Å²) in [6.07, 6.45) is 1.28. The summed E-state index contributed by atoms with van der Waals surface area (Å²) >= 11 is 0. The first-order valence-electron chi connectivity index (χ1n) is 3.07. The molecule has 0 aliphatic rings. The molecule has 0 aromatic heterocycles. The summed E-state index contributed by atoms with van der Waals surface area (Å²) in [7, 11) is -3.08. The van der Waals surface area contributed by atoms with Crippen molar-refractivity contribution in [1.82, 2.24) is 0 Å². The Morgan fingerprint density at radius 2 is 1.64 bits per heavy atom. The smallest absolute Gasteiger partial charge is 0.811 e. The van der Waals surface area contributed by atoms with Crippen LogP contribution in [0.2, 0.25) is 6.04 Å². The van der Waals surface area contributed by atoms with Crippen LogP contribution in [0, 0.1) is 0 Å². The van der Waals surface area contributed by atoms with Gasteiger partial charge in [-0.15, -0.1) is 0 Å². The van der Waals surface area contributed by atoms with Gasteiger partial charge in [0.25, 0.3) is 0 Å². The normalized spacial score (nSPS) is 10.0. The molecule has 0 fully saturated rings. The Morgan fingerprint density at radius 3 is 1.91 bits per heavy atom. The first-order chi connectivity index (χ1) is 4.06. The molecule has 0 heterocycles. The third-order valence-electron chi connectivity index (χ3n) is 1.04. The van der Waals surface area contributed by atoms with Crippen LogP contribution in [0.5, 0.6) is 0 Å². The molecular formula is C4H11Na2O3PSi. The van der Waals surface area contributed by atoms with Crippen molar-refractivity contribution < 1.29 is 73.5 Å². The standard InChI is InChI=1S/C4H13O3PSi.2Na/c5-8(6,7)3-1-2-4-9;;/h1-4H2,9H3,(H2,5,6,7);;/q;2*+1/p-2. The van der Waals surface area contributed by atoms with Crippen LogP contribution in [0.15, 0.2) is 0 Å². The number of hydrogen-bond acceptors (Lipinski definition) is 3. The Kier molecular flexibility index (Phi) is 18.1. The van der Waals surface area contributed by atoms with E-state index >= 15 is 0 Å². The van der Waals surface area contributed by atoms with E-state index < -0.39 is 7.60 Å². The molecule has 0 aromatic carbocycles. The van der Waals surface area contributed by atoms with Gasteiger partial charge in [0.2, 0.25) is 0 Å². The predicted octanol–water partition coefficient (Wildman–Crippen LogP) is -7.53. The van der Waals surface area contributed by atoms with Gasteiger partial charge in [-0.3, -0.25) is 0 Å². The molecule has 0 spiro atoms. The summed E-state index contributed by atoms with van der Waals surface area (Å²) in [4.78, 5) is 20.0. The molecule has 56 valence electrons. The third-order valence-corrected chi connectivity index (χ3v) is 2.61. The largest absolute Gasteiger partial charge is 1.00 e. The minimum absolute atomic E-state index is 0. The van der Waals surface area contributed by atoms with Gasteiger partial charge in [0.15, 0.2) is 0 Å². The fourth-order valence-electron chi connectivity index (χ4n) is 0.555. The molecular weight excluding hydrogens is 201 g/mol. The van der Waals surface area contributed by atoms with Crippen LogP contribution in [-0.4, -0.2) is 16.4 Å². The third kappa shape index (κ3) is 19.0. The predicted molar refractivity (Wildman–Crippen MR) is 36.5 cm³/mol. The van der Waals surface area contributed by atoms with Gasteiger partial charge in [0, 0.05) is 10.2 Å². The van der Waals surface area contributed by atoms with Gasteiger partial charge in [0.05, 0.1) is 0 Å². The maximum Gasteiger partial charge on any atom is 1.00 e. The van der Waals surface area contributed by atoms with Gasteiger partial charge in [0.1, 0.15) is 0 Å². The van der Waals surface area contributed by atoms with Gasteiger partial charge in [-0.05, 0) is 12.6 Å². The molecule has 0 aliphatic carbocycles. The van der Waals surface area contributed by atoms with E-state index in [0.29, 0.717) is 6.42 Å². The van der Waals surface area contributed by atoms with Gasteiger partial charge in [-0.1, -0.05) is 20.1 Å². The summed E-state index contributed by atoms with van der Waals surface area (Å²) in [5, 5.41) is 0. The second kappa shape index (κ2) is 10.4. The Labute approximate surface area is 115 Å². The molecule has 0 aromatic rings. The molecule has 7 heteroatoms. The van der Waals surface area contributed by atoms with Crippen LogP contribution in [0.1, 0.15) is 12.8 Å². The molecule has 0 saturated heterocycles. The van der Waals surface area contributed by atoms with Gasteiger partial charge < -0.3 is 14.4 Å². The summed E-state index contributed by atoms with van der Waals surface area (Å²) < 4.78 is 9.99. The zero-order valence-corrected chi connectivity index (χ0v) is 14.4. The maximum atomic E-state index is 9.99. The molecule has 3 nitrogen and oxygen atoms in total. The molecule has 0 N–H and O–H groups in total. The van der Waals surface area contributed by atoms with Crippen molar-refractivity contribution in [2.24, 2.45) is 0 Å². The van der Waals surface area contributed by atoms with Crippen molar-refractivity contribution in [3.8, 4) is 0 Å². The summed E-state index contributed by atoms with van der Waals surface area (Å²) in [6.45, 7) is 0. The molecule has 0 rings (SSSR count). The van der Waals surface area contributed by atoms with E-state index in [1.165, 1.54) is 0 Å². The second-order valence-corrected chi connectivity index (χ2v) is 4.71. The molecule has 0 amide bonds. The van der Waals surface area contributed by atoms with E-state index in [9.17, 15) is 14.4 Å². The molecule has 0 saturated carbocycles. The summed E-state index contributed by atoms with van der Waals surface area (Å²) in [6, 6.07) is 1.08. The van der Waals surface area contributed by atoms with Crippen molar-refractivity contribution in [1.29, 1.82) is 0 Å². The van der Waals surface area contributed by atoms with E-state index in [1.807, 2.05) is 0 Å². The molecule has 0 bridgehead atoms. The van der Waals surface area contributed by atoms with Crippen molar-refractivity contribution in [3.63, 3.8) is 0 Å². The quantitative estimate of drug-likeness (QED) is 0.264. The monoisotopic (exact) mass is 212 g/mol. The van der Waals surface area contributed by atoms with Crippen molar-refractivity contribution in [2.75, 3.05) is 6.16 Å². The molecule has 0 atom stereocenters. The van der Waals surface area contributed by atoms with Crippen LogP contribution in [0.3, 0.4) is 0 Å². The zero-order valence-electron chi connectivity index (χ0n) is 7.50. The van der Waals surface area contributed by atoms with E-state index in [4.69, 9.17) is 0 Å². The minimum atomic E-state index is -4.18. The summed E-state index contributed by atoms with van der Waals surface area (Å²) in [5.74, 6) is 0. The summed E-state index contributed by atoms with van der Waals surface area (Å²) in [5.41, 5.74) is 0. The van der Waals surface area contributed by atoms with Crippen molar-refractivity contribution in [3.05, 3.63) is 0 Å². The van der Waals surface area contributed by atoms with Crippen molar-refractivity contribution >= 4 is 17.8 Å². The topological polar surface area (TPSA) is 63.2 Å². The Balaban J connectivity index is -0.000000320. The number of rotatable bonds is 4. The first kappa shape index (κ1) is 19.0. The van der Waals surface area contributed by atoms with E-state index in [-0.39, 0.29) is 65.3 Å². The fourth-order valence-corrected chi connectivity index (χ4v) is 1.67. The molecule has 0 aliphatic heterocycles. The average Bonchev–Trinajstić information content (AvgIpc) is 1.63. The molecule has 0 radical (unpaired) electrons. The van der Waals surface area contributed by atoms with Gasteiger partial charge >= 0.3 is 59.1 Å². The van der Waals surface area contributed by atoms with E-state index in [0.717, 1.165) is 22.7 Å². The first-order valence-corrected chi connectivity index (χ1v) is 6.21. The van der Waals surface area contributed by atoms with E-state index in [1.54, 1.807) is 0 Å². The van der Waals surface area contributed by atoms with Crippen LogP contribution in [-0.2, 0) is 4.57 Å². The Bertz CT molecular complexity index is 118. The van der Waals surface area contributed by atoms with Crippen LogP contribution >= 0.6 is 7.60 Å². The van der Waals surface area contributed by atoms with Crippen LogP contribution in [0.25, 0.3) is 0 Å². The van der Waals surface area contributed by atoms with Crippen LogP contribution in [0.4, 0.5) is 0 Å². The molecule has 0 unspecified atom stereocenters. The number of unbranched alkanes of at least 4 members (excludes halogenated alkanes) is 1. The number of hydrogen-bond donors (Lipinski definition) is 0. The van der Waals surface area contributed by atoms with Crippen molar-refractivity contribution in [2.45, 2.75) is 18.9 Å². The molecule has 11 heavy (non-hydrogen) atoms. The zero-order chi connectivity index (χ0) is 7.33. The van der Waals surface area contributed by atoms with Gasteiger partial charge in [-0.25, -0.2) is 0 Å².